The fraction of sp³-hybridized carbons (Fsp3) is 0.316. The predicted molar refractivity (Wildman–Crippen MR) is 104 cm³/mol. The van der Waals surface area contributed by atoms with Gasteiger partial charge in [-0.15, -0.1) is 11.8 Å². The summed E-state index contributed by atoms with van der Waals surface area (Å²) < 4.78 is 4.94. The van der Waals surface area contributed by atoms with Crippen LogP contribution in [0.1, 0.15) is 31.2 Å². The highest BCUT2D eigenvalue weighted by atomic mass is 32.2. The number of pyridine rings is 1. The van der Waals surface area contributed by atoms with E-state index in [1.165, 1.54) is 16.7 Å². The number of nitrogens with zero attached hydrogens (tertiary/aromatic N) is 2. The largest absolute Gasteiger partial charge is 0.348 e. The summed E-state index contributed by atoms with van der Waals surface area (Å²) in [5, 5.41) is 3.86. The van der Waals surface area contributed by atoms with Crippen LogP contribution in [0.25, 0.3) is 11.1 Å². The van der Waals surface area contributed by atoms with E-state index in [0.29, 0.717) is 0 Å². The molecule has 0 saturated carbocycles. The number of nitrogens with one attached hydrogen (secondary N) is 1. The summed E-state index contributed by atoms with van der Waals surface area (Å²) in [4.78, 5) is 8.92. The average Bonchev–Trinajstić information content (AvgIpc) is 3.06. The summed E-state index contributed by atoms with van der Waals surface area (Å²) in [6.07, 6.45) is 5.85. The van der Waals surface area contributed by atoms with E-state index in [1.54, 1.807) is 0 Å². The molecule has 0 saturated heterocycles. The van der Waals surface area contributed by atoms with E-state index in [4.69, 9.17) is 16.7 Å². The zero-order valence-corrected chi connectivity index (χ0v) is 15.8. The molecule has 0 unspecified atom stereocenters. The lowest BCUT2D eigenvalue weighted by Gasteiger charge is -2.09. The van der Waals surface area contributed by atoms with Crippen molar-refractivity contribution in [2.75, 3.05) is 5.75 Å². The minimum Gasteiger partial charge on any atom is -0.348 e. The van der Waals surface area contributed by atoms with Crippen molar-refractivity contribution in [3.05, 3.63) is 58.8 Å². The molecule has 1 aromatic carbocycles. The quantitative estimate of drug-likeness (QED) is 0.420. The van der Waals surface area contributed by atoms with Gasteiger partial charge < -0.3 is 4.52 Å². The van der Waals surface area contributed by atoms with Crippen LogP contribution in [0, 0.1) is 4.84 Å². The van der Waals surface area contributed by atoms with Crippen molar-refractivity contribution in [1.82, 2.24) is 15.1 Å². The Bertz CT molecular complexity index is 855. The van der Waals surface area contributed by atoms with Gasteiger partial charge in [0.25, 0.3) is 0 Å². The number of hydrogen-bond donors (Lipinski definition) is 1. The molecule has 3 rings (SSSR count). The van der Waals surface area contributed by atoms with Crippen LogP contribution in [0.5, 0.6) is 0 Å². The normalized spacial score (nSPS) is 10.9. The second-order valence-corrected chi connectivity index (χ2v) is 7.22. The molecule has 25 heavy (non-hydrogen) atoms. The zero-order chi connectivity index (χ0) is 17.5. The van der Waals surface area contributed by atoms with Crippen LogP contribution in [0.3, 0.4) is 0 Å². The molecule has 0 aliphatic carbocycles. The van der Waals surface area contributed by atoms with Gasteiger partial charge in [-0.1, -0.05) is 37.3 Å². The number of rotatable bonds is 8. The summed E-state index contributed by atoms with van der Waals surface area (Å²) in [5.41, 5.74) is 3.75. The minimum atomic E-state index is 0.271. The fourth-order valence-corrected chi connectivity index (χ4v) is 3.63. The van der Waals surface area contributed by atoms with Gasteiger partial charge >= 0.3 is 4.84 Å². The van der Waals surface area contributed by atoms with Gasteiger partial charge in [-0.05, 0) is 54.4 Å². The molecule has 0 radical (unpaired) electrons. The third kappa shape index (κ3) is 5.03. The van der Waals surface area contributed by atoms with Gasteiger partial charge in [-0.2, -0.15) is 4.98 Å². The van der Waals surface area contributed by atoms with Crippen molar-refractivity contribution in [3.8, 4) is 11.1 Å². The Morgan fingerprint density at radius 1 is 1.16 bits per heavy atom. The molecular weight excluding hydrogens is 350 g/mol. The molecule has 0 aliphatic rings. The summed E-state index contributed by atoms with van der Waals surface area (Å²) in [7, 11) is 0. The number of benzene rings is 1. The number of aromatic amines is 1. The van der Waals surface area contributed by atoms with Crippen LogP contribution in [0.4, 0.5) is 0 Å². The maximum absolute atomic E-state index is 4.94. The fourth-order valence-electron chi connectivity index (χ4n) is 2.60. The van der Waals surface area contributed by atoms with Crippen LogP contribution in [0.15, 0.2) is 52.1 Å². The van der Waals surface area contributed by atoms with Crippen LogP contribution in [-0.2, 0) is 12.8 Å². The SMILES string of the molecule is CCCSc1ncccc1-c1ccc(CCCc2nc(=S)o[nH]2)cc1. The number of hydrogen-bond acceptors (Lipinski definition) is 5. The van der Waals surface area contributed by atoms with E-state index in [9.17, 15) is 0 Å². The van der Waals surface area contributed by atoms with Crippen molar-refractivity contribution in [2.24, 2.45) is 0 Å². The Balaban J connectivity index is 1.63. The third-order valence-corrected chi connectivity index (χ3v) is 5.23. The van der Waals surface area contributed by atoms with Crippen molar-refractivity contribution in [3.63, 3.8) is 0 Å². The first-order chi connectivity index (χ1) is 12.3. The number of thioether (sulfide) groups is 1. The minimum absolute atomic E-state index is 0.271. The molecule has 0 spiro atoms. The molecule has 1 N–H and O–H groups in total. The third-order valence-electron chi connectivity index (χ3n) is 3.84. The monoisotopic (exact) mass is 371 g/mol. The Morgan fingerprint density at radius 2 is 2.00 bits per heavy atom. The Morgan fingerprint density at radius 3 is 2.72 bits per heavy atom. The molecule has 4 nitrogen and oxygen atoms in total. The van der Waals surface area contributed by atoms with Crippen LogP contribution in [0.2, 0.25) is 0 Å². The molecule has 130 valence electrons. The van der Waals surface area contributed by atoms with E-state index in [0.717, 1.165) is 42.3 Å². The standard InChI is InChI=1S/C19H21N3OS2/c1-2-13-25-18-16(6-4-12-20-18)15-10-8-14(9-11-15)5-3-7-17-21-19(24)23-22-17/h4,6,8-12H,2-3,5,7,13H2,1H3,(H,21,22,24). The molecule has 0 atom stereocenters. The van der Waals surface area contributed by atoms with Gasteiger partial charge in [-0.3, -0.25) is 0 Å². The maximum Gasteiger partial charge on any atom is 0.314 e. The lowest BCUT2D eigenvalue weighted by atomic mass is 10.0. The molecule has 3 aromatic rings. The topological polar surface area (TPSA) is 54.7 Å². The Labute approximate surface area is 157 Å². The Kier molecular flexibility index (Phi) is 6.42. The van der Waals surface area contributed by atoms with Gasteiger partial charge in [0.05, 0.1) is 0 Å². The lowest BCUT2D eigenvalue weighted by Crippen LogP contribution is -1.93. The molecule has 6 heteroatoms. The summed E-state index contributed by atoms with van der Waals surface area (Å²) >= 11 is 6.68. The zero-order valence-electron chi connectivity index (χ0n) is 14.2. The maximum atomic E-state index is 4.94. The van der Waals surface area contributed by atoms with Crippen LogP contribution in [-0.4, -0.2) is 20.9 Å². The highest BCUT2D eigenvalue weighted by Gasteiger charge is 2.07. The van der Waals surface area contributed by atoms with Gasteiger partial charge in [0, 0.05) is 18.2 Å². The van der Waals surface area contributed by atoms with Gasteiger partial charge in [0.2, 0.25) is 0 Å². The molecule has 0 aliphatic heterocycles. The first kappa shape index (κ1) is 17.9. The molecule has 0 fully saturated rings. The smallest absolute Gasteiger partial charge is 0.314 e. The molecule has 0 amide bonds. The summed E-state index contributed by atoms with van der Waals surface area (Å²) in [6, 6.07) is 12.9. The number of aromatic nitrogens is 3. The van der Waals surface area contributed by atoms with Gasteiger partial charge in [-0.25, -0.2) is 10.1 Å². The Hall–Kier alpha value is -1.92. The number of H-pyrrole nitrogens is 1. The van der Waals surface area contributed by atoms with Crippen molar-refractivity contribution >= 4 is 24.0 Å². The van der Waals surface area contributed by atoms with Crippen molar-refractivity contribution < 1.29 is 4.52 Å². The second-order valence-electron chi connectivity index (χ2n) is 5.78. The predicted octanol–water partition coefficient (Wildman–Crippen LogP) is 5.47. The highest BCUT2D eigenvalue weighted by molar-refractivity contribution is 7.99. The van der Waals surface area contributed by atoms with E-state index in [2.05, 4.69) is 52.4 Å². The molecular formula is C19H21N3OS2. The second kappa shape index (κ2) is 8.97. The highest BCUT2D eigenvalue weighted by Crippen LogP contribution is 2.30. The van der Waals surface area contributed by atoms with E-state index in [1.807, 2.05) is 24.0 Å². The van der Waals surface area contributed by atoms with Crippen LogP contribution >= 0.6 is 24.0 Å². The molecule has 2 aromatic heterocycles. The summed E-state index contributed by atoms with van der Waals surface area (Å²) in [5.74, 6) is 1.90. The van der Waals surface area contributed by atoms with E-state index < -0.39 is 0 Å². The molecule has 0 bridgehead atoms. The lowest BCUT2D eigenvalue weighted by molar-refractivity contribution is 0.397. The first-order valence-electron chi connectivity index (χ1n) is 8.48. The van der Waals surface area contributed by atoms with E-state index >= 15 is 0 Å². The van der Waals surface area contributed by atoms with Crippen molar-refractivity contribution in [2.45, 2.75) is 37.6 Å². The summed E-state index contributed by atoms with van der Waals surface area (Å²) in [6.45, 7) is 2.19. The van der Waals surface area contributed by atoms with Crippen molar-refractivity contribution in [1.29, 1.82) is 0 Å². The van der Waals surface area contributed by atoms with E-state index in [-0.39, 0.29) is 4.84 Å². The van der Waals surface area contributed by atoms with Gasteiger partial charge in [0.1, 0.15) is 10.9 Å². The van der Waals surface area contributed by atoms with Gasteiger partial charge in [0.15, 0.2) is 0 Å². The first-order valence-corrected chi connectivity index (χ1v) is 9.87. The molecule has 2 heterocycles. The number of aryl methyl sites for hydroxylation is 2. The average molecular weight is 372 g/mol. The van der Waals surface area contributed by atoms with Crippen LogP contribution < -0.4 is 0 Å².